The zero-order chi connectivity index (χ0) is 27.0. The number of hydrogen-bond donors (Lipinski definition) is 1. The maximum absolute atomic E-state index is 14.0. The van der Waals surface area contributed by atoms with E-state index in [-0.39, 0.29) is 17.0 Å². The van der Waals surface area contributed by atoms with Crippen LogP contribution in [0.1, 0.15) is 39.5 Å². The van der Waals surface area contributed by atoms with Gasteiger partial charge in [0, 0.05) is 11.1 Å². The van der Waals surface area contributed by atoms with E-state index >= 15 is 0 Å². The fourth-order valence-corrected chi connectivity index (χ4v) is 11.6. The first-order valence-corrected chi connectivity index (χ1v) is 17.1. The Morgan fingerprint density at radius 1 is 0.921 bits per heavy atom. The van der Waals surface area contributed by atoms with E-state index < -0.39 is 23.4 Å². The zero-order valence-electron chi connectivity index (χ0n) is 22.0. The first-order chi connectivity index (χ1) is 18.1. The summed E-state index contributed by atoms with van der Waals surface area (Å²) in [5.41, 5.74) is 0. The molecular weight excluding hydrogens is 534 g/mol. The molecular formula is C30H36ClNO4SSi. The number of halogens is 1. The van der Waals surface area contributed by atoms with Gasteiger partial charge in [0.15, 0.2) is 0 Å². The van der Waals surface area contributed by atoms with Crippen molar-refractivity contribution in [2.75, 3.05) is 13.2 Å². The fraction of sp³-hybridized carbons (Fsp3) is 0.400. The van der Waals surface area contributed by atoms with Gasteiger partial charge in [0.2, 0.25) is 10.0 Å². The molecule has 0 spiro atoms. The highest BCUT2D eigenvalue weighted by atomic mass is 35.5. The summed E-state index contributed by atoms with van der Waals surface area (Å²) in [5.74, 6) is 0.327. The molecule has 2 fully saturated rings. The largest absolute Gasteiger partial charge is 0.424 e. The molecule has 5 rings (SSSR count). The molecule has 0 amide bonds. The summed E-state index contributed by atoms with van der Waals surface area (Å²) in [5, 5.41) is 1.95. The third kappa shape index (κ3) is 5.25. The topological polar surface area (TPSA) is 66.8 Å². The lowest BCUT2D eigenvalue weighted by Crippen LogP contribution is -2.65. The molecule has 1 heterocycles. The van der Waals surface area contributed by atoms with E-state index in [1.54, 1.807) is 28.6 Å². The van der Waals surface area contributed by atoms with Crippen LogP contribution in [0.2, 0.25) is 10.1 Å². The highest BCUT2D eigenvalue weighted by Gasteiger charge is 2.51. The monoisotopic (exact) mass is 569 g/mol. The number of hydrogen-bond acceptors (Lipinski definition) is 4. The summed E-state index contributed by atoms with van der Waals surface area (Å²) in [6, 6.07) is 25.9. The zero-order valence-corrected chi connectivity index (χ0v) is 24.5. The second-order valence-electron chi connectivity index (χ2n) is 11.2. The van der Waals surface area contributed by atoms with Gasteiger partial charge in [-0.25, -0.2) is 8.42 Å². The first-order valence-electron chi connectivity index (χ1n) is 13.3. The molecule has 1 N–H and O–H groups in total. The Morgan fingerprint density at radius 2 is 1.47 bits per heavy atom. The highest BCUT2D eigenvalue weighted by Crippen LogP contribution is 2.44. The van der Waals surface area contributed by atoms with Crippen molar-refractivity contribution in [3.63, 3.8) is 0 Å². The van der Waals surface area contributed by atoms with E-state index in [0.717, 1.165) is 23.2 Å². The number of ether oxygens (including phenoxy) is 1. The van der Waals surface area contributed by atoms with Crippen molar-refractivity contribution in [2.45, 2.75) is 61.5 Å². The smallest absolute Gasteiger partial charge is 0.258 e. The van der Waals surface area contributed by atoms with E-state index in [9.17, 15) is 13.2 Å². The number of benzene rings is 3. The molecule has 3 aromatic rings. The van der Waals surface area contributed by atoms with Gasteiger partial charge in [-0.3, -0.25) is 0 Å². The minimum absolute atomic E-state index is 0.170. The Balaban J connectivity index is 1.47. The van der Waals surface area contributed by atoms with Gasteiger partial charge in [0.1, 0.15) is 0 Å². The average Bonchev–Trinajstić information content (AvgIpc) is 3.78. The second-order valence-corrected chi connectivity index (χ2v) is 17.5. The van der Waals surface area contributed by atoms with Crippen molar-refractivity contribution in [1.82, 2.24) is 4.31 Å². The molecule has 1 aliphatic heterocycles. The average molecular weight is 570 g/mol. The molecule has 0 unspecified atom stereocenters. The Bertz CT molecular complexity index is 1290. The van der Waals surface area contributed by atoms with Crippen molar-refractivity contribution < 1.29 is 18.0 Å². The van der Waals surface area contributed by atoms with Crippen molar-refractivity contribution in [3.05, 3.63) is 90.0 Å². The number of morpholine rings is 1. The van der Waals surface area contributed by atoms with E-state index in [1.807, 2.05) is 60.7 Å². The van der Waals surface area contributed by atoms with Crippen LogP contribution in [0.15, 0.2) is 89.8 Å². The summed E-state index contributed by atoms with van der Waals surface area (Å²) < 4.78 is 35.8. The molecule has 2 atom stereocenters. The van der Waals surface area contributed by atoms with Gasteiger partial charge >= 0.3 is 0 Å². The Hall–Kier alpha value is -2.00. The second kappa shape index (κ2) is 10.9. The number of nitrogens with zero attached hydrogens (tertiary/aromatic N) is 1. The van der Waals surface area contributed by atoms with Crippen molar-refractivity contribution in [3.8, 4) is 0 Å². The molecule has 5 nitrogen and oxygen atoms in total. The van der Waals surface area contributed by atoms with Crippen LogP contribution in [0.5, 0.6) is 0 Å². The molecule has 2 aliphatic rings. The number of rotatable bonds is 9. The molecule has 38 heavy (non-hydrogen) atoms. The molecule has 0 bridgehead atoms. The fourth-order valence-electron chi connectivity index (χ4n) is 5.90. The molecule has 8 heteroatoms. The Morgan fingerprint density at radius 3 is 2.00 bits per heavy atom. The molecule has 1 saturated carbocycles. The van der Waals surface area contributed by atoms with Gasteiger partial charge in [0.25, 0.3) is 8.32 Å². The van der Waals surface area contributed by atoms with Gasteiger partial charge < -0.3 is 9.53 Å². The van der Waals surface area contributed by atoms with Crippen molar-refractivity contribution >= 4 is 40.3 Å². The van der Waals surface area contributed by atoms with Gasteiger partial charge in [-0.1, -0.05) is 86.1 Å². The van der Waals surface area contributed by atoms with E-state index in [4.69, 9.17) is 16.3 Å². The lowest BCUT2D eigenvalue weighted by Gasteiger charge is -2.45. The predicted octanol–water partition coefficient (Wildman–Crippen LogP) is 4.82. The minimum atomic E-state index is -3.75. The maximum Gasteiger partial charge on any atom is 0.258 e. The Kier molecular flexibility index (Phi) is 7.88. The maximum atomic E-state index is 14.0. The third-order valence-electron chi connectivity index (χ3n) is 8.31. The normalized spacial score (nSPS) is 21.4. The summed E-state index contributed by atoms with van der Waals surface area (Å²) in [7, 11) is -6.95. The van der Waals surface area contributed by atoms with Crippen molar-refractivity contribution in [1.29, 1.82) is 0 Å². The summed E-state index contributed by atoms with van der Waals surface area (Å²) in [6.07, 6.45) is 3.29. The van der Waals surface area contributed by atoms with E-state index in [1.165, 1.54) is 0 Å². The summed E-state index contributed by atoms with van der Waals surface area (Å²) in [4.78, 5) is 12.8. The molecule has 202 valence electrons. The van der Waals surface area contributed by atoms with Crippen LogP contribution < -0.4 is 10.4 Å². The van der Waals surface area contributed by atoms with Crippen LogP contribution in [0, 0.1) is 5.92 Å². The van der Waals surface area contributed by atoms with Crippen LogP contribution in [0.4, 0.5) is 0 Å². The third-order valence-corrected chi connectivity index (χ3v) is 15.1. The van der Waals surface area contributed by atoms with Gasteiger partial charge in [-0.05, 0) is 71.3 Å². The van der Waals surface area contributed by atoms with E-state index in [2.05, 4.69) is 13.8 Å². The Labute approximate surface area is 232 Å². The SMILES string of the molecule is CC(C)(CC[C@H]1COC[C@@H](C2CC2)N1S(=O)(=O)c1ccc(Cl)cc1)[Si](O)(c1ccccc1)c1ccccc1. The highest BCUT2D eigenvalue weighted by molar-refractivity contribution is 7.89. The molecule has 0 aromatic heterocycles. The van der Waals surface area contributed by atoms with Gasteiger partial charge in [-0.15, -0.1) is 0 Å². The molecule has 0 radical (unpaired) electrons. The number of sulfonamides is 1. The van der Waals surface area contributed by atoms with Crippen LogP contribution in [0.3, 0.4) is 0 Å². The summed E-state index contributed by atoms with van der Waals surface area (Å²) in [6.45, 7) is 5.02. The van der Waals surface area contributed by atoms with Gasteiger partial charge in [0.05, 0.1) is 24.2 Å². The van der Waals surface area contributed by atoms with Crippen LogP contribution >= 0.6 is 11.6 Å². The lowest BCUT2D eigenvalue weighted by atomic mass is 10.00. The van der Waals surface area contributed by atoms with Crippen LogP contribution in [-0.2, 0) is 14.8 Å². The molecule has 1 aliphatic carbocycles. The lowest BCUT2D eigenvalue weighted by molar-refractivity contribution is -0.0170. The quantitative estimate of drug-likeness (QED) is 0.375. The van der Waals surface area contributed by atoms with Gasteiger partial charge in [-0.2, -0.15) is 4.31 Å². The van der Waals surface area contributed by atoms with Crippen LogP contribution in [0.25, 0.3) is 0 Å². The first kappa shape index (κ1) is 27.6. The van der Waals surface area contributed by atoms with Crippen molar-refractivity contribution in [2.24, 2.45) is 5.92 Å². The predicted molar refractivity (Wildman–Crippen MR) is 155 cm³/mol. The standard InChI is InChI=1S/C30H36ClNO4SSi/c1-30(2,38(35,27-9-5-3-6-10-27)28-11-7-4-8-12-28)20-19-25-21-36-22-29(23-13-14-23)32(25)37(33,34)26-17-15-24(31)16-18-26/h3-12,15-18,23,25,29,35H,13-14,19-22H2,1-2H3/t25-,29-/m0/s1. The minimum Gasteiger partial charge on any atom is -0.424 e. The van der Waals surface area contributed by atoms with Crippen LogP contribution in [-0.4, -0.2) is 51.1 Å². The van der Waals surface area contributed by atoms with E-state index in [0.29, 0.717) is 37.0 Å². The summed E-state index contributed by atoms with van der Waals surface area (Å²) >= 11 is 6.06. The molecule has 1 saturated heterocycles. The molecule has 3 aromatic carbocycles.